The molecule has 2 atom stereocenters. The first kappa shape index (κ1) is 20.6. The molecule has 0 spiro atoms. The normalized spacial score (nSPS) is 19.0. The first-order valence-corrected chi connectivity index (χ1v) is 9.63. The van der Waals surface area contributed by atoms with Crippen molar-refractivity contribution < 1.29 is 31.1 Å². The summed E-state index contributed by atoms with van der Waals surface area (Å²) in [5.41, 5.74) is 1.95. The summed E-state index contributed by atoms with van der Waals surface area (Å²) in [6.45, 7) is 1.96. The van der Waals surface area contributed by atoms with Crippen LogP contribution in [-0.4, -0.2) is 6.36 Å². The van der Waals surface area contributed by atoms with Crippen molar-refractivity contribution in [1.29, 1.82) is 0 Å². The van der Waals surface area contributed by atoms with Gasteiger partial charge in [-0.05, 0) is 70.5 Å². The van der Waals surface area contributed by atoms with E-state index in [9.17, 15) is 26.3 Å². The summed E-state index contributed by atoms with van der Waals surface area (Å²) in [6, 6.07) is 9.98. The minimum absolute atomic E-state index is 0.0386. The second kappa shape index (κ2) is 7.52. The van der Waals surface area contributed by atoms with Gasteiger partial charge in [0.15, 0.2) is 11.6 Å². The van der Waals surface area contributed by atoms with Crippen LogP contribution >= 0.6 is 0 Å². The van der Waals surface area contributed by atoms with Crippen LogP contribution < -0.4 is 4.74 Å². The smallest absolute Gasteiger partial charge is 0.399 e. The summed E-state index contributed by atoms with van der Waals surface area (Å²) in [5.74, 6) is -5.04. The third kappa shape index (κ3) is 3.73. The number of benzene rings is 3. The Bertz CT molecular complexity index is 1080. The standard InChI is InChI=1S/C23H18F6O/c1-2-12-4-7-16-17(8-5-13-3-6-15(24)11-18(13)16)21(12)14-9-19(25)22(20(26)10-14)30-23(27,28)29/h3,5-6,8-12,21H,2,4,7H2,1H3/t12-,21-/m1/s1. The Labute approximate surface area is 169 Å². The molecule has 0 radical (unpaired) electrons. The summed E-state index contributed by atoms with van der Waals surface area (Å²) in [6.07, 6.45) is -3.08. The lowest BCUT2D eigenvalue weighted by Crippen LogP contribution is -2.23. The van der Waals surface area contributed by atoms with Crippen LogP contribution in [0.5, 0.6) is 5.75 Å². The lowest BCUT2D eigenvalue weighted by atomic mass is 9.70. The first-order chi connectivity index (χ1) is 14.2. The Morgan fingerprint density at radius 3 is 2.27 bits per heavy atom. The number of halogens is 6. The summed E-state index contributed by atoms with van der Waals surface area (Å²) in [5, 5.41) is 1.60. The van der Waals surface area contributed by atoms with Gasteiger partial charge in [0.25, 0.3) is 0 Å². The highest BCUT2D eigenvalue weighted by Gasteiger charge is 2.36. The Morgan fingerprint density at radius 1 is 0.967 bits per heavy atom. The topological polar surface area (TPSA) is 9.23 Å². The van der Waals surface area contributed by atoms with Crippen molar-refractivity contribution in [2.45, 2.75) is 38.5 Å². The van der Waals surface area contributed by atoms with Gasteiger partial charge in [-0.1, -0.05) is 31.5 Å². The molecular weight excluding hydrogens is 406 g/mol. The molecule has 30 heavy (non-hydrogen) atoms. The number of ether oxygens (including phenoxy) is 1. The predicted octanol–water partition coefficient (Wildman–Crippen LogP) is 7.26. The Hall–Kier alpha value is -2.70. The second-order valence-electron chi connectivity index (χ2n) is 7.54. The van der Waals surface area contributed by atoms with Crippen LogP contribution in [0.3, 0.4) is 0 Å². The summed E-state index contributed by atoms with van der Waals surface area (Å²) >= 11 is 0. The van der Waals surface area contributed by atoms with E-state index in [-0.39, 0.29) is 17.3 Å². The van der Waals surface area contributed by atoms with E-state index >= 15 is 0 Å². The molecule has 0 bridgehead atoms. The fourth-order valence-corrected chi connectivity index (χ4v) is 4.56. The molecule has 3 aromatic rings. The third-order valence-electron chi connectivity index (χ3n) is 5.82. The summed E-state index contributed by atoms with van der Waals surface area (Å²) in [4.78, 5) is 0. The molecule has 0 unspecified atom stereocenters. The molecule has 0 heterocycles. The average molecular weight is 424 g/mol. The molecule has 1 nitrogen and oxygen atoms in total. The van der Waals surface area contributed by atoms with E-state index in [0.717, 1.165) is 40.5 Å². The van der Waals surface area contributed by atoms with Gasteiger partial charge in [0.05, 0.1) is 0 Å². The van der Waals surface area contributed by atoms with Crippen LogP contribution in [0.15, 0.2) is 42.5 Å². The van der Waals surface area contributed by atoms with Crippen LogP contribution in [0.1, 0.15) is 42.4 Å². The molecule has 0 N–H and O–H groups in total. The zero-order valence-electron chi connectivity index (χ0n) is 16.0. The van der Waals surface area contributed by atoms with Crippen molar-refractivity contribution in [1.82, 2.24) is 0 Å². The maximum atomic E-state index is 14.4. The maximum Gasteiger partial charge on any atom is 0.573 e. The largest absolute Gasteiger partial charge is 0.573 e. The van der Waals surface area contributed by atoms with E-state index in [2.05, 4.69) is 4.74 Å². The van der Waals surface area contributed by atoms with Crippen LogP contribution in [0.4, 0.5) is 26.3 Å². The van der Waals surface area contributed by atoms with Crippen LogP contribution in [0.25, 0.3) is 10.8 Å². The average Bonchev–Trinajstić information content (AvgIpc) is 2.68. The van der Waals surface area contributed by atoms with Gasteiger partial charge in [0.1, 0.15) is 5.82 Å². The van der Waals surface area contributed by atoms with Gasteiger partial charge in [-0.25, -0.2) is 13.2 Å². The first-order valence-electron chi connectivity index (χ1n) is 9.63. The fourth-order valence-electron chi connectivity index (χ4n) is 4.56. The number of aryl methyl sites for hydroxylation is 1. The van der Waals surface area contributed by atoms with E-state index in [0.29, 0.717) is 12.8 Å². The molecule has 7 heteroatoms. The maximum absolute atomic E-state index is 14.4. The second-order valence-corrected chi connectivity index (χ2v) is 7.54. The van der Waals surface area contributed by atoms with Crippen molar-refractivity contribution in [3.05, 3.63) is 76.6 Å². The molecule has 0 saturated carbocycles. The van der Waals surface area contributed by atoms with E-state index in [1.807, 2.05) is 19.1 Å². The Balaban J connectivity index is 1.86. The van der Waals surface area contributed by atoms with Crippen LogP contribution in [-0.2, 0) is 6.42 Å². The molecule has 4 rings (SSSR count). The number of rotatable bonds is 3. The summed E-state index contributed by atoms with van der Waals surface area (Å²) in [7, 11) is 0. The van der Waals surface area contributed by atoms with Crippen LogP contribution in [0, 0.1) is 23.4 Å². The number of alkyl halides is 3. The van der Waals surface area contributed by atoms with Gasteiger partial charge in [-0.3, -0.25) is 0 Å². The monoisotopic (exact) mass is 424 g/mol. The summed E-state index contributed by atoms with van der Waals surface area (Å²) < 4.78 is 83.5. The quantitative estimate of drug-likeness (QED) is 0.402. The van der Waals surface area contributed by atoms with Gasteiger partial charge in [0.2, 0.25) is 5.75 Å². The molecule has 0 amide bonds. The molecule has 1 aliphatic carbocycles. The zero-order chi connectivity index (χ0) is 21.6. The predicted molar refractivity (Wildman–Crippen MR) is 101 cm³/mol. The Kier molecular flexibility index (Phi) is 5.16. The lowest BCUT2D eigenvalue weighted by Gasteiger charge is -2.34. The van der Waals surface area contributed by atoms with Gasteiger partial charge >= 0.3 is 6.36 Å². The molecule has 1 aliphatic rings. The molecule has 0 aliphatic heterocycles. The van der Waals surface area contributed by atoms with Gasteiger partial charge in [0, 0.05) is 5.92 Å². The van der Waals surface area contributed by atoms with Gasteiger partial charge in [-0.15, -0.1) is 13.2 Å². The van der Waals surface area contributed by atoms with Gasteiger partial charge < -0.3 is 4.74 Å². The highest BCUT2D eigenvalue weighted by molar-refractivity contribution is 5.87. The number of hydrogen-bond donors (Lipinski definition) is 0. The minimum Gasteiger partial charge on any atom is -0.399 e. The molecule has 0 aromatic heterocycles. The van der Waals surface area contributed by atoms with Crippen molar-refractivity contribution in [3.8, 4) is 5.75 Å². The van der Waals surface area contributed by atoms with Crippen LogP contribution in [0.2, 0.25) is 0 Å². The van der Waals surface area contributed by atoms with E-state index in [1.54, 1.807) is 6.07 Å². The molecule has 158 valence electrons. The minimum atomic E-state index is -5.20. The SMILES string of the molecule is CC[C@@H]1CCc2c(ccc3ccc(F)cc23)[C@H]1c1cc(F)c(OC(F)(F)F)c(F)c1. The molecule has 3 aromatic carbocycles. The van der Waals surface area contributed by atoms with Crippen molar-refractivity contribution >= 4 is 10.8 Å². The molecule has 0 fully saturated rings. The van der Waals surface area contributed by atoms with Crippen molar-refractivity contribution in [2.75, 3.05) is 0 Å². The van der Waals surface area contributed by atoms with E-state index in [1.165, 1.54) is 12.1 Å². The molecule has 0 saturated heterocycles. The number of hydrogen-bond acceptors (Lipinski definition) is 1. The van der Waals surface area contributed by atoms with E-state index in [4.69, 9.17) is 0 Å². The fraction of sp³-hybridized carbons (Fsp3) is 0.304. The Morgan fingerprint density at radius 2 is 1.63 bits per heavy atom. The van der Waals surface area contributed by atoms with Crippen molar-refractivity contribution in [3.63, 3.8) is 0 Å². The lowest BCUT2D eigenvalue weighted by molar-refractivity contribution is -0.276. The number of fused-ring (bicyclic) bond motifs is 3. The highest BCUT2D eigenvalue weighted by Crippen LogP contribution is 2.45. The van der Waals surface area contributed by atoms with E-state index < -0.39 is 29.7 Å². The van der Waals surface area contributed by atoms with Gasteiger partial charge in [-0.2, -0.15) is 0 Å². The van der Waals surface area contributed by atoms with Crippen molar-refractivity contribution in [2.24, 2.45) is 5.92 Å². The zero-order valence-corrected chi connectivity index (χ0v) is 16.0. The molecular formula is C23H18F6O. The highest BCUT2D eigenvalue weighted by atomic mass is 19.4. The third-order valence-corrected chi connectivity index (χ3v) is 5.82.